The predicted octanol–water partition coefficient (Wildman–Crippen LogP) is 6.00. The van der Waals surface area contributed by atoms with Crippen LogP contribution in [-0.4, -0.2) is 41.5 Å². The number of ether oxygens (including phenoxy) is 1. The highest BCUT2D eigenvalue weighted by Gasteiger charge is 2.35. The van der Waals surface area contributed by atoms with Gasteiger partial charge in [-0.1, -0.05) is 55.8 Å². The van der Waals surface area contributed by atoms with E-state index in [-0.39, 0.29) is 17.7 Å². The van der Waals surface area contributed by atoms with Gasteiger partial charge in [0.05, 0.1) is 0 Å². The fraction of sp³-hybridized carbons (Fsp3) is 0.500. The molecule has 2 N–H and O–H groups in total. The summed E-state index contributed by atoms with van der Waals surface area (Å²) in [5, 5.41) is 5.80. The van der Waals surface area contributed by atoms with Crippen LogP contribution in [0, 0.1) is 33.6 Å². The minimum absolute atomic E-state index is 0.125. The number of amides is 3. The monoisotopic (exact) mass is 509 g/mol. The first kappa shape index (κ1) is 29.9. The summed E-state index contributed by atoms with van der Waals surface area (Å²) >= 11 is 0. The third-order valence-corrected chi connectivity index (χ3v) is 6.13. The summed E-state index contributed by atoms with van der Waals surface area (Å²) in [6, 6.07) is 9.89. The second-order valence-corrected chi connectivity index (χ2v) is 11.3. The molecule has 0 aliphatic rings. The van der Waals surface area contributed by atoms with Crippen molar-refractivity contribution >= 4 is 23.6 Å². The van der Waals surface area contributed by atoms with Crippen LogP contribution in [0.3, 0.4) is 0 Å². The number of alkyl carbamates (subject to hydrolysis) is 1. The number of para-hydroxylation sites is 1. The Morgan fingerprint density at radius 1 is 0.946 bits per heavy atom. The van der Waals surface area contributed by atoms with Gasteiger partial charge in [0.2, 0.25) is 5.91 Å². The second kappa shape index (κ2) is 12.3. The molecule has 0 aromatic heterocycles. The van der Waals surface area contributed by atoms with Crippen LogP contribution in [0.25, 0.3) is 0 Å². The molecule has 0 spiro atoms. The van der Waals surface area contributed by atoms with Gasteiger partial charge in [-0.3, -0.25) is 9.59 Å². The number of likely N-dealkylation sites (N-methyl/N-ethyl adjacent to an activating group) is 1. The van der Waals surface area contributed by atoms with Crippen LogP contribution < -0.4 is 10.6 Å². The van der Waals surface area contributed by atoms with Crippen molar-refractivity contribution in [1.82, 2.24) is 10.2 Å². The lowest BCUT2D eigenvalue weighted by Crippen LogP contribution is -2.51. The predicted molar refractivity (Wildman–Crippen MR) is 149 cm³/mol. The van der Waals surface area contributed by atoms with E-state index in [1.165, 1.54) is 4.90 Å². The van der Waals surface area contributed by atoms with Gasteiger partial charge in [0.25, 0.3) is 5.91 Å². The van der Waals surface area contributed by atoms with Crippen LogP contribution in [0.4, 0.5) is 10.5 Å². The van der Waals surface area contributed by atoms with Gasteiger partial charge in [0, 0.05) is 12.7 Å². The molecule has 7 heteroatoms. The fourth-order valence-electron chi connectivity index (χ4n) is 4.38. The Labute approximate surface area is 222 Å². The minimum atomic E-state index is -0.901. The SMILES string of the molecule is Cc1ccc(C(C(=O)Nc2c(C)cccc2C)N(C)C(=O)C(CC(C)C)NC(=O)OC(C)(C)C)c(C)c1. The maximum absolute atomic E-state index is 13.8. The molecule has 2 aromatic carbocycles. The van der Waals surface area contributed by atoms with Crippen LogP contribution in [0.1, 0.15) is 74.9 Å². The molecule has 0 aliphatic heterocycles. The number of nitrogens with one attached hydrogen (secondary N) is 2. The van der Waals surface area contributed by atoms with E-state index in [0.29, 0.717) is 6.42 Å². The lowest BCUT2D eigenvalue weighted by molar-refractivity contribution is -0.139. The molecule has 2 rings (SSSR count). The van der Waals surface area contributed by atoms with Crippen LogP contribution in [0.5, 0.6) is 0 Å². The smallest absolute Gasteiger partial charge is 0.408 e. The summed E-state index contributed by atoms with van der Waals surface area (Å²) in [5.74, 6) is -0.553. The van der Waals surface area contributed by atoms with Gasteiger partial charge >= 0.3 is 6.09 Å². The van der Waals surface area contributed by atoms with Crippen molar-refractivity contribution in [3.05, 3.63) is 64.2 Å². The van der Waals surface area contributed by atoms with Gasteiger partial charge in [0.15, 0.2) is 0 Å². The van der Waals surface area contributed by atoms with Crippen molar-refractivity contribution in [3.63, 3.8) is 0 Å². The molecule has 0 fully saturated rings. The molecule has 2 unspecified atom stereocenters. The van der Waals surface area contributed by atoms with E-state index in [9.17, 15) is 14.4 Å². The van der Waals surface area contributed by atoms with E-state index < -0.39 is 23.8 Å². The van der Waals surface area contributed by atoms with Gasteiger partial charge < -0.3 is 20.3 Å². The largest absolute Gasteiger partial charge is 0.444 e. The van der Waals surface area contributed by atoms with Gasteiger partial charge in [0.1, 0.15) is 17.7 Å². The molecule has 0 radical (unpaired) electrons. The molecule has 0 heterocycles. The zero-order valence-electron chi connectivity index (χ0n) is 24.0. The molecule has 0 bridgehead atoms. The van der Waals surface area contributed by atoms with E-state index >= 15 is 0 Å². The Hall–Kier alpha value is -3.35. The Morgan fingerprint density at radius 3 is 2.05 bits per heavy atom. The van der Waals surface area contributed by atoms with E-state index in [0.717, 1.165) is 33.5 Å². The first-order chi connectivity index (χ1) is 17.1. The molecular formula is C30H43N3O4. The van der Waals surface area contributed by atoms with Crippen molar-refractivity contribution in [3.8, 4) is 0 Å². The number of nitrogens with zero attached hydrogens (tertiary/aromatic N) is 1. The Balaban J connectivity index is 2.48. The maximum atomic E-state index is 13.8. The summed E-state index contributed by atoms with van der Waals surface area (Å²) in [5.41, 5.74) is 4.60. The van der Waals surface area contributed by atoms with Crippen LogP contribution >= 0.6 is 0 Å². The van der Waals surface area contributed by atoms with Gasteiger partial charge in [-0.15, -0.1) is 0 Å². The van der Waals surface area contributed by atoms with Gasteiger partial charge in [-0.2, -0.15) is 0 Å². The van der Waals surface area contributed by atoms with E-state index in [1.54, 1.807) is 27.8 Å². The highest BCUT2D eigenvalue weighted by Crippen LogP contribution is 2.29. The van der Waals surface area contributed by atoms with Gasteiger partial charge in [-0.25, -0.2) is 4.79 Å². The van der Waals surface area contributed by atoms with Crippen molar-refractivity contribution in [2.45, 2.75) is 86.4 Å². The Morgan fingerprint density at radius 2 is 1.54 bits per heavy atom. The molecule has 0 saturated carbocycles. The van der Waals surface area contributed by atoms with E-state index in [2.05, 4.69) is 10.6 Å². The Kier molecular flexibility index (Phi) is 9.90. The highest BCUT2D eigenvalue weighted by molar-refractivity contribution is 6.00. The summed E-state index contributed by atoms with van der Waals surface area (Å²) in [6.07, 6.45) is -0.261. The summed E-state index contributed by atoms with van der Waals surface area (Å²) < 4.78 is 5.41. The van der Waals surface area contributed by atoms with E-state index in [1.807, 2.05) is 77.9 Å². The number of anilines is 1. The van der Waals surface area contributed by atoms with Crippen LogP contribution in [0.15, 0.2) is 36.4 Å². The number of rotatable bonds is 8. The summed E-state index contributed by atoms with van der Waals surface area (Å²) in [7, 11) is 1.61. The number of hydrogen-bond acceptors (Lipinski definition) is 4. The number of aryl methyl sites for hydroxylation is 4. The second-order valence-electron chi connectivity index (χ2n) is 11.3. The highest BCUT2D eigenvalue weighted by atomic mass is 16.6. The van der Waals surface area contributed by atoms with Crippen LogP contribution in [-0.2, 0) is 14.3 Å². The topological polar surface area (TPSA) is 87.7 Å². The molecule has 0 saturated heterocycles. The molecule has 37 heavy (non-hydrogen) atoms. The van der Waals surface area contributed by atoms with Crippen LogP contribution in [0.2, 0.25) is 0 Å². The van der Waals surface area contributed by atoms with Crippen molar-refractivity contribution in [2.75, 3.05) is 12.4 Å². The quantitative estimate of drug-likeness (QED) is 0.457. The number of carbonyl (C=O) groups excluding carboxylic acids is 3. The average molecular weight is 510 g/mol. The molecule has 2 aromatic rings. The summed E-state index contributed by atoms with van der Waals surface area (Å²) in [4.78, 5) is 41.7. The third kappa shape index (κ3) is 8.34. The van der Waals surface area contributed by atoms with Crippen molar-refractivity contribution in [1.29, 1.82) is 0 Å². The number of benzene rings is 2. The maximum Gasteiger partial charge on any atom is 0.408 e. The lowest BCUT2D eigenvalue weighted by atomic mass is 9.95. The minimum Gasteiger partial charge on any atom is -0.444 e. The first-order valence-corrected chi connectivity index (χ1v) is 12.8. The Bertz CT molecular complexity index is 1110. The molecular weight excluding hydrogens is 466 g/mol. The number of hydrogen-bond donors (Lipinski definition) is 2. The fourth-order valence-corrected chi connectivity index (χ4v) is 4.38. The average Bonchev–Trinajstić information content (AvgIpc) is 2.75. The molecule has 202 valence electrons. The third-order valence-electron chi connectivity index (χ3n) is 6.13. The summed E-state index contributed by atoms with van der Waals surface area (Å²) in [6.45, 7) is 17.1. The van der Waals surface area contributed by atoms with Crippen molar-refractivity contribution < 1.29 is 19.1 Å². The molecule has 2 atom stereocenters. The van der Waals surface area contributed by atoms with Crippen molar-refractivity contribution in [2.24, 2.45) is 5.92 Å². The zero-order chi connectivity index (χ0) is 28.1. The first-order valence-electron chi connectivity index (χ1n) is 12.8. The molecule has 3 amide bonds. The van der Waals surface area contributed by atoms with Gasteiger partial charge in [-0.05, 0) is 83.1 Å². The standard InChI is InChI=1S/C30H43N3O4/c1-18(2)16-24(31-29(36)37-30(7,8)9)28(35)33(10)26(23-15-14-19(3)17-22(23)6)27(34)32-25-20(4)12-11-13-21(25)5/h11-15,17-18,24,26H,16H2,1-10H3,(H,31,36)(H,32,34). The number of carbonyl (C=O) groups is 3. The lowest BCUT2D eigenvalue weighted by Gasteiger charge is -2.33. The molecule has 0 aliphatic carbocycles. The van der Waals surface area contributed by atoms with E-state index in [4.69, 9.17) is 4.74 Å². The normalized spacial score (nSPS) is 13.1. The zero-order valence-corrected chi connectivity index (χ0v) is 24.0. The molecule has 7 nitrogen and oxygen atoms in total.